The second kappa shape index (κ2) is 6.01. The minimum Gasteiger partial charge on any atom is -0.381 e. The summed E-state index contributed by atoms with van der Waals surface area (Å²) in [6.45, 7) is 7.82. The van der Waals surface area contributed by atoms with Crippen molar-refractivity contribution in [2.24, 2.45) is 5.92 Å². The summed E-state index contributed by atoms with van der Waals surface area (Å²) in [6, 6.07) is 0. The van der Waals surface area contributed by atoms with E-state index in [1.807, 2.05) is 5.38 Å². The largest absolute Gasteiger partial charge is 0.381 e. The molecule has 0 atom stereocenters. The number of nitrogens with one attached hydrogen (secondary N) is 1. The number of carbonyl (C=O) groups is 1. The molecule has 1 amide bonds. The highest BCUT2D eigenvalue weighted by Crippen LogP contribution is 2.21. The summed E-state index contributed by atoms with van der Waals surface area (Å²) in [5, 5.41) is 6.00. The van der Waals surface area contributed by atoms with E-state index in [1.54, 1.807) is 11.3 Å². The smallest absolute Gasteiger partial charge is 0.271 e. The predicted octanol–water partition coefficient (Wildman–Crippen LogP) is 2.64. The molecule has 0 aromatic carbocycles. The van der Waals surface area contributed by atoms with Gasteiger partial charge in [-0.3, -0.25) is 4.79 Å². The lowest BCUT2D eigenvalue weighted by atomic mass is 9.92. The quantitative estimate of drug-likeness (QED) is 0.923. The maximum absolute atomic E-state index is 12.2. The SMILES string of the molecule is CC(C)Cc1nc(C(=O)NC2(C)CCOCC2)cs1. The molecular formula is C14H22N2O2S. The van der Waals surface area contributed by atoms with E-state index in [0.717, 1.165) is 24.3 Å². The molecule has 1 N–H and O–H groups in total. The van der Waals surface area contributed by atoms with Crippen molar-refractivity contribution in [3.63, 3.8) is 0 Å². The fourth-order valence-corrected chi connectivity index (χ4v) is 3.13. The number of hydrogen-bond donors (Lipinski definition) is 1. The van der Waals surface area contributed by atoms with E-state index in [1.165, 1.54) is 0 Å². The average molecular weight is 282 g/mol. The molecule has 0 unspecified atom stereocenters. The van der Waals surface area contributed by atoms with Gasteiger partial charge in [0, 0.05) is 30.6 Å². The molecule has 2 rings (SSSR count). The van der Waals surface area contributed by atoms with Crippen LogP contribution in [0.2, 0.25) is 0 Å². The number of amides is 1. The maximum atomic E-state index is 12.2. The van der Waals surface area contributed by atoms with Gasteiger partial charge in [0.1, 0.15) is 5.69 Å². The van der Waals surface area contributed by atoms with Crippen molar-refractivity contribution >= 4 is 17.2 Å². The molecule has 1 aromatic heterocycles. The van der Waals surface area contributed by atoms with Crippen LogP contribution in [0.1, 0.15) is 49.1 Å². The zero-order valence-corrected chi connectivity index (χ0v) is 12.7. The van der Waals surface area contributed by atoms with Crippen molar-refractivity contribution in [1.82, 2.24) is 10.3 Å². The molecule has 1 saturated heterocycles. The van der Waals surface area contributed by atoms with Gasteiger partial charge in [-0.2, -0.15) is 0 Å². The zero-order chi connectivity index (χ0) is 13.9. The fourth-order valence-electron chi connectivity index (χ4n) is 2.14. The highest BCUT2D eigenvalue weighted by atomic mass is 32.1. The Morgan fingerprint density at radius 1 is 1.53 bits per heavy atom. The topological polar surface area (TPSA) is 51.2 Å². The van der Waals surface area contributed by atoms with Crippen molar-refractivity contribution in [2.75, 3.05) is 13.2 Å². The third-order valence-corrected chi connectivity index (χ3v) is 4.25. The summed E-state index contributed by atoms with van der Waals surface area (Å²) >= 11 is 1.57. The van der Waals surface area contributed by atoms with Gasteiger partial charge in [-0.25, -0.2) is 4.98 Å². The highest BCUT2D eigenvalue weighted by Gasteiger charge is 2.29. The Morgan fingerprint density at radius 2 is 2.21 bits per heavy atom. The van der Waals surface area contributed by atoms with Crippen LogP contribution < -0.4 is 5.32 Å². The monoisotopic (exact) mass is 282 g/mol. The number of ether oxygens (including phenoxy) is 1. The lowest BCUT2D eigenvalue weighted by molar-refractivity contribution is 0.0421. The summed E-state index contributed by atoms with van der Waals surface area (Å²) in [5.74, 6) is 0.505. The van der Waals surface area contributed by atoms with Crippen LogP contribution in [0.25, 0.3) is 0 Å². The van der Waals surface area contributed by atoms with Crippen molar-refractivity contribution in [3.05, 3.63) is 16.1 Å². The van der Waals surface area contributed by atoms with Crippen LogP contribution in [0, 0.1) is 5.92 Å². The number of nitrogens with zero attached hydrogens (tertiary/aromatic N) is 1. The van der Waals surface area contributed by atoms with Crippen molar-refractivity contribution in [1.29, 1.82) is 0 Å². The first-order chi connectivity index (χ1) is 8.98. The number of carbonyl (C=O) groups excluding carboxylic acids is 1. The summed E-state index contributed by atoms with van der Waals surface area (Å²) in [5.41, 5.74) is 0.394. The second-order valence-electron chi connectivity index (χ2n) is 5.85. The molecule has 0 radical (unpaired) electrons. The lowest BCUT2D eigenvalue weighted by Gasteiger charge is -2.34. The normalized spacial score (nSPS) is 18.5. The highest BCUT2D eigenvalue weighted by molar-refractivity contribution is 7.09. The Balaban J connectivity index is 1.97. The third-order valence-electron chi connectivity index (χ3n) is 3.38. The van der Waals surface area contributed by atoms with E-state index in [-0.39, 0.29) is 11.4 Å². The molecule has 5 heteroatoms. The summed E-state index contributed by atoms with van der Waals surface area (Å²) < 4.78 is 5.34. The van der Waals surface area contributed by atoms with Crippen molar-refractivity contribution in [3.8, 4) is 0 Å². The molecule has 19 heavy (non-hydrogen) atoms. The third kappa shape index (κ3) is 4.01. The van der Waals surface area contributed by atoms with E-state index in [0.29, 0.717) is 24.8 Å². The second-order valence-corrected chi connectivity index (χ2v) is 6.79. The lowest BCUT2D eigenvalue weighted by Crippen LogP contribution is -2.49. The molecule has 1 aliphatic rings. The van der Waals surface area contributed by atoms with Crippen LogP contribution in [-0.4, -0.2) is 29.6 Å². The van der Waals surface area contributed by atoms with E-state index >= 15 is 0 Å². The molecule has 2 heterocycles. The molecule has 0 aliphatic carbocycles. The van der Waals surface area contributed by atoms with Gasteiger partial charge >= 0.3 is 0 Å². The molecule has 4 nitrogen and oxygen atoms in total. The van der Waals surface area contributed by atoms with Crippen LogP contribution >= 0.6 is 11.3 Å². The molecule has 0 spiro atoms. The van der Waals surface area contributed by atoms with E-state index in [2.05, 4.69) is 31.1 Å². The molecular weight excluding hydrogens is 260 g/mol. The van der Waals surface area contributed by atoms with Gasteiger partial charge in [0.05, 0.1) is 5.01 Å². The van der Waals surface area contributed by atoms with E-state index in [9.17, 15) is 4.79 Å². The molecule has 106 valence electrons. The Labute approximate surface area is 118 Å². The van der Waals surface area contributed by atoms with Gasteiger partial charge in [-0.1, -0.05) is 13.8 Å². The molecule has 1 aromatic rings. The predicted molar refractivity (Wildman–Crippen MR) is 76.6 cm³/mol. The first-order valence-corrected chi connectivity index (χ1v) is 7.71. The first kappa shape index (κ1) is 14.5. The molecule has 1 fully saturated rings. The van der Waals surface area contributed by atoms with E-state index in [4.69, 9.17) is 4.74 Å². The Bertz CT molecular complexity index is 436. The van der Waals surface area contributed by atoms with Crippen LogP contribution in [0.4, 0.5) is 0 Å². The van der Waals surface area contributed by atoms with Gasteiger partial charge in [0.2, 0.25) is 0 Å². The summed E-state index contributed by atoms with van der Waals surface area (Å²) in [6.07, 6.45) is 2.66. The zero-order valence-electron chi connectivity index (χ0n) is 11.9. The summed E-state index contributed by atoms with van der Waals surface area (Å²) in [4.78, 5) is 16.6. The Morgan fingerprint density at radius 3 is 2.84 bits per heavy atom. The molecule has 1 aliphatic heterocycles. The molecule has 0 bridgehead atoms. The van der Waals surface area contributed by atoms with Crippen LogP contribution in [-0.2, 0) is 11.2 Å². The Hall–Kier alpha value is -0.940. The number of thiazole rings is 1. The van der Waals surface area contributed by atoms with E-state index < -0.39 is 0 Å². The summed E-state index contributed by atoms with van der Waals surface area (Å²) in [7, 11) is 0. The minimum absolute atomic E-state index is 0.0596. The van der Waals surface area contributed by atoms with Gasteiger partial charge in [0.25, 0.3) is 5.91 Å². The average Bonchev–Trinajstić information content (AvgIpc) is 2.77. The molecule has 0 saturated carbocycles. The first-order valence-electron chi connectivity index (χ1n) is 6.83. The maximum Gasteiger partial charge on any atom is 0.271 e. The number of aromatic nitrogens is 1. The minimum atomic E-state index is -0.156. The number of rotatable bonds is 4. The van der Waals surface area contributed by atoms with Crippen LogP contribution in [0.3, 0.4) is 0 Å². The van der Waals surface area contributed by atoms with Gasteiger partial charge in [0.15, 0.2) is 0 Å². The van der Waals surface area contributed by atoms with Gasteiger partial charge in [-0.15, -0.1) is 11.3 Å². The van der Waals surface area contributed by atoms with Gasteiger partial charge in [-0.05, 0) is 25.7 Å². The van der Waals surface area contributed by atoms with Crippen LogP contribution in [0.5, 0.6) is 0 Å². The van der Waals surface area contributed by atoms with Crippen molar-refractivity contribution in [2.45, 2.75) is 45.6 Å². The van der Waals surface area contributed by atoms with Crippen molar-refractivity contribution < 1.29 is 9.53 Å². The van der Waals surface area contributed by atoms with Gasteiger partial charge < -0.3 is 10.1 Å². The fraction of sp³-hybridized carbons (Fsp3) is 0.714. The van der Waals surface area contributed by atoms with Crippen LogP contribution in [0.15, 0.2) is 5.38 Å². The number of hydrogen-bond acceptors (Lipinski definition) is 4. The Kier molecular flexibility index (Phi) is 4.58. The standard InChI is InChI=1S/C14H22N2O2S/c1-10(2)8-12-15-11(9-19-12)13(17)16-14(3)4-6-18-7-5-14/h9-10H,4-8H2,1-3H3,(H,16,17).